The van der Waals surface area contributed by atoms with Gasteiger partial charge < -0.3 is 5.11 Å². The molecule has 2 nitrogen and oxygen atoms in total. The topological polar surface area (TPSA) is 37.3 Å². The maximum atomic E-state index is 11.5. The normalized spacial score (nSPS) is 44.1. The van der Waals surface area contributed by atoms with E-state index in [4.69, 9.17) is 0 Å². The van der Waals surface area contributed by atoms with Crippen LogP contribution in [0.4, 0.5) is 0 Å². The molecule has 0 aromatic rings. The molecule has 1 N–H and O–H groups in total. The minimum absolute atomic E-state index is 0.134. The molecular weight excluding hydrogens is 140 g/mol. The van der Waals surface area contributed by atoms with Crippen LogP contribution in [0.2, 0.25) is 0 Å². The highest BCUT2D eigenvalue weighted by Crippen LogP contribution is 2.39. The summed E-state index contributed by atoms with van der Waals surface area (Å²) < 4.78 is 0. The van der Waals surface area contributed by atoms with Crippen molar-refractivity contribution in [3.05, 3.63) is 0 Å². The Kier molecular flexibility index (Phi) is 1.53. The predicted octanol–water partition coefficient (Wildman–Crippen LogP) is 1.27. The maximum absolute atomic E-state index is 11.5. The molecule has 0 radical (unpaired) electrons. The first-order chi connectivity index (χ1) is 5.22. The predicted molar refractivity (Wildman–Crippen MR) is 41.1 cm³/mol. The van der Waals surface area contributed by atoms with E-state index in [2.05, 4.69) is 0 Å². The van der Waals surface area contributed by atoms with Gasteiger partial charge in [0.1, 0.15) is 5.60 Å². The number of rotatable bonds is 0. The molecule has 0 saturated heterocycles. The van der Waals surface area contributed by atoms with Crippen LogP contribution in [0.5, 0.6) is 0 Å². The average molecular weight is 154 g/mol. The van der Waals surface area contributed by atoms with Gasteiger partial charge in [-0.25, -0.2) is 0 Å². The summed E-state index contributed by atoms with van der Waals surface area (Å²) in [4.78, 5) is 11.5. The molecule has 0 aromatic carbocycles. The van der Waals surface area contributed by atoms with E-state index in [1.807, 2.05) is 0 Å². The monoisotopic (exact) mass is 154 g/mol. The first-order valence-corrected chi connectivity index (χ1v) is 4.49. The van der Waals surface area contributed by atoms with Crippen LogP contribution in [0.3, 0.4) is 0 Å². The van der Waals surface area contributed by atoms with Crippen molar-refractivity contribution in [1.82, 2.24) is 0 Å². The van der Waals surface area contributed by atoms with Crippen molar-refractivity contribution < 1.29 is 9.90 Å². The van der Waals surface area contributed by atoms with Gasteiger partial charge in [-0.3, -0.25) is 4.79 Å². The number of hydrogen-bond acceptors (Lipinski definition) is 2. The Morgan fingerprint density at radius 1 is 1.27 bits per heavy atom. The molecule has 2 rings (SSSR count). The number of carbonyl (C=O) groups is 1. The summed E-state index contributed by atoms with van der Waals surface area (Å²) in [5, 5.41) is 9.82. The standard InChI is InChI=1S/C9H14O2/c10-8-7-3-1-5-9(8,11)6-2-4-7/h7,11H,1-6H2. The largest absolute Gasteiger partial charge is 0.382 e. The van der Waals surface area contributed by atoms with Crippen molar-refractivity contribution in [3.8, 4) is 0 Å². The van der Waals surface area contributed by atoms with Crippen molar-refractivity contribution in [1.29, 1.82) is 0 Å². The van der Waals surface area contributed by atoms with Crippen molar-refractivity contribution in [2.24, 2.45) is 5.92 Å². The van der Waals surface area contributed by atoms with Crippen LogP contribution in [0.25, 0.3) is 0 Å². The highest BCUT2D eigenvalue weighted by molar-refractivity contribution is 5.90. The molecule has 2 fully saturated rings. The molecule has 0 atom stereocenters. The van der Waals surface area contributed by atoms with Gasteiger partial charge >= 0.3 is 0 Å². The molecule has 2 saturated carbocycles. The second-order valence-corrected chi connectivity index (χ2v) is 3.88. The fraction of sp³-hybridized carbons (Fsp3) is 0.889. The maximum Gasteiger partial charge on any atom is 0.167 e. The number of aliphatic hydroxyl groups is 1. The third kappa shape index (κ3) is 1.00. The fourth-order valence-electron chi connectivity index (χ4n) is 2.44. The van der Waals surface area contributed by atoms with Crippen LogP contribution in [-0.4, -0.2) is 16.5 Å². The molecule has 2 aliphatic rings. The van der Waals surface area contributed by atoms with Crippen LogP contribution in [0.1, 0.15) is 38.5 Å². The Morgan fingerprint density at radius 3 is 2.18 bits per heavy atom. The lowest BCUT2D eigenvalue weighted by molar-refractivity contribution is -0.151. The third-order valence-electron chi connectivity index (χ3n) is 3.12. The molecule has 0 amide bonds. The van der Waals surface area contributed by atoms with E-state index in [1.165, 1.54) is 0 Å². The quantitative estimate of drug-likeness (QED) is 0.570. The summed E-state index contributed by atoms with van der Waals surface area (Å²) in [5.41, 5.74) is -0.902. The van der Waals surface area contributed by atoms with Crippen molar-refractivity contribution in [2.75, 3.05) is 0 Å². The van der Waals surface area contributed by atoms with E-state index in [9.17, 15) is 9.90 Å². The molecule has 0 unspecified atom stereocenters. The summed E-state index contributed by atoms with van der Waals surface area (Å²) in [6, 6.07) is 0. The number of fused-ring (bicyclic) bond motifs is 2. The van der Waals surface area contributed by atoms with Gasteiger partial charge in [0.05, 0.1) is 0 Å². The molecule has 0 aliphatic heterocycles. The zero-order chi connectivity index (χ0) is 7.90. The van der Waals surface area contributed by atoms with Gasteiger partial charge in [0, 0.05) is 5.92 Å². The lowest BCUT2D eigenvalue weighted by atomic mass is 9.68. The molecule has 0 aromatic heterocycles. The summed E-state index contributed by atoms with van der Waals surface area (Å²) in [6.07, 6.45) is 5.52. The Bertz CT molecular complexity index is 176. The van der Waals surface area contributed by atoms with E-state index in [1.54, 1.807) is 0 Å². The first kappa shape index (κ1) is 7.29. The van der Waals surface area contributed by atoms with Gasteiger partial charge in [-0.05, 0) is 38.5 Å². The lowest BCUT2D eigenvalue weighted by Crippen LogP contribution is -2.48. The minimum atomic E-state index is -0.902. The van der Waals surface area contributed by atoms with E-state index >= 15 is 0 Å². The molecule has 0 spiro atoms. The van der Waals surface area contributed by atoms with Gasteiger partial charge in [-0.2, -0.15) is 0 Å². The van der Waals surface area contributed by atoms with E-state index in [0.29, 0.717) is 12.8 Å². The van der Waals surface area contributed by atoms with E-state index in [0.717, 1.165) is 25.7 Å². The third-order valence-corrected chi connectivity index (χ3v) is 3.12. The summed E-state index contributed by atoms with van der Waals surface area (Å²) >= 11 is 0. The van der Waals surface area contributed by atoms with Crippen molar-refractivity contribution in [2.45, 2.75) is 44.1 Å². The van der Waals surface area contributed by atoms with E-state index in [-0.39, 0.29) is 11.7 Å². The van der Waals surface area contributed by atoms with Crippen LogP contribution >= 0.6 is 0 Å². The fourth-order valence-corrected chi connectivity index (χ4v) is 2.44. The zero-order valence-corrected chi connectivity index (χ0v) is 6.68. The molecular formula is C9H14O2. The van der Waals surface area contributed by atoms with Crippen LogP contribution in [0.15, 0.2) is 0 Å². The number of carbonyl (C=O) groups excluding carboxylic acids is 1. The Labute approximate surface area is 66.6 Å². The SMILES string of the molecule is O=C1C2CCCC1(O)CCC2. The van der Waals surface area contributed by atoms with Crippen molar-refractivity contribution in [3.63, 3.8) is 0 Å². The Morgan fingerprint density at radius 2 is 1.82 bits per heavy atom. The molecule has 62 valence electrons. The van der Waals surface area contributed by atoms with Crippen LogP contribution < -0.4 is 0 Å². The molecule has 11 heavy (non-hydrogen) atoms. The van der Waals surface area contributed by atoms with Crippen LogP contribution in [-0.2, 0) is 4.79 Å². The average Bonchev–Trinajstić information content (AvgIpc) is 1.93. The molecule has 2 heteroatoms. The Hall–Kier alpha value is -0.370. The highest BCUT2D eigenvalue weighted by Gasteiger charge is 2.45. The smallest absolute Gasteiger partial charge is 0.167 e. The first-order valence-electron chi connectivity index (χ1n) is 4.49. The van der Waals surface area contributed by atoms with Gasteiger partial charge in [0.2, 0.25) is 0 Å². The summed E-state index contributed by atoms with van der Waals surface area (Å²) in [5.74, 6) is 0.331. The van der Waals surface area contributed by atoms with Crippen molar-refractivity contribution >= 4 is 5.78 Å². The highest BCUT2D eigenvalue weighted by atomic mass is 16.3. The summed E-state index contributed by atoms with van der Waals surface area (Å²) in [7, 11) is 0. The number of ketones is 1. The lowest BCUT2D eigenvalue weighted by Gasteiger charge is -2.39. The minimum Gasteiger partial charge on any atom is -0.382 e. The van der Waals surface area contributed by atoms with Gasteiger partial charge in [-0.15, -0.1) is 0 Å². The number of hydrogen-bond donors (Lipinski definition) is 1. The van der Waals surface area contributed by atoms with Gasteiger partial charge in [0.25, 0.3) is 0 Å². The molecule has 0 heterocycles. The Balaban J connectivity index is 2.24. The second-order valence-electron chi connectivity index (χ2n) is 3.88. The summed E-state index contributed by atoms with van der Waals surface area (Å²) in [6.45, 7) is 0. The second kappa shape index (κ2) is 2.31. The van der Waals surface area contributed by atoms with E-state index < -0.39 is 5.60 Å². The van der Waals surface area contributed by atoms with Gasteiger partial charge in [0.15, 0.2) is 5.78 Å². The van der Waals surface area contributed by atoms with Crippen LogP contribution in [0, 0.1) is 5.92 Å². The molecule has 2 bridgehead atoms. The zero-order valence-electron chi connectivity index (χ0n) is 6.68. The number of Topliss-reactive ketones (excluding diaryl/α,β-unsaturated/α-hetero) is 1. The van der Waals surface area contributed by atoms with Gasteiger partial charge in [-0.1, -0.05) is 0 Å². The molecule has 2 aliphatic carbocycles.